The third-order valence-corrected chi connectivity index (χ3v) is 4.45. The van der Waals surface area contributed by atoms with Crippen molar-refractivity contribution in [2.45, 2.75) is 45.3 Å². The van der Waals surface area contributed by atoms with Gasteiger partial charge in [0.2, 0.25) is 0 Å². The Balaban J connectivity index is 2.18. The molecule has 1 fully saturated rings. The summed E-state index contributed by atoms with van der Waals surface area (Å²) < 4.78 is 0. The van der Waals surface area contributed by atoms with Crippen molar-refractivity contribution in [3.05, 3.63) is 28.8 Å². The van der Waals surface area contributed by atoms with Crippen molar-refractivity contribution in [1.29, 1.82) is 0 Å². The number of hydrogen-bond acceptors (Lipinski definition) is 3. The molecule has 0 bridgehead atoms. The summed E-state index contributed by atoms with van der Waals surface area (Å²) >= 11 is 6.24. The highest BCUT2D eigenvalue weighted by atomic mass is 35.5. The topological polar surface area (TPSA) is 18.5 Å². The largest absolute Gasteiger partial charge is 0.370 e. The van der Waals surface area contributed by atoms with Gasteiger partial charge in [-0.2, -0.15) is 0 Å². The van der Waals surface area contributed by atoms with E-state index in [2.05, 4.69) is 55.2 Å². The monoisotopic (exact) mass is 309 g/mol. The molecule has 1 unspecified atom stereocenters. The van der Waals surface area contributed by atoms with Crippen LogP contribution in [-0.2, 0) is 6.54 Å². The van der Waals surface area contributed by atoms with E-state index in [-0.39, 0.29) is 0 Å². The lowest BCUT2D eigenvalue weighted by Gasteiger charge is -2.38. The summed E-state index contributed by atoms with van der Waals surface area (Å²) in [5.41, 5.74) is 2.63. The van der Waals surface area contributed by atoms with Gasteiger partial charge in [-0.15, -0.1) is 0 Å². The van der Waals surface area contributed by atoms with E-state index in [0.29, 0.717) is 12.1 Å². The molecule has 0 aliphatic carbocycles. The Morgan fingerprint density at radius 3 is 2.81 bits per heavy atom. The number of nitrogens with one attached hydrogen (secondary N) is 1. The van der Waals surface area contributed by atoms with E-state index in [4.69, 9.17) is 11.6 Å². The Hall–Kier alpha value is -0.770. The summed E-state index contributed by atoms with van der Waals surface area (Å²) in [6, 6.07) is 7.40. The van der Waals surface area contributed by atoms with Crippen molar-refractivity contribution in [1.82, 2.24) is 10.2 Å². The fourth-order valence-electron chi connectivity index (χ4n) is 2.89. The predicted molar refractivity (Wildman–Crippen MR) is 92.3 cm³/mol. The minimum absolute atomic E-state index is 0.490. The summed E-state index contributed by atoms with van der Waals surface area (Å²) in [4.78, 5) is 4.83. The highest BCUT2D eigenvalue weighted by Crippen LogP contribution is 2.28. The number of nitrogens with zero attached hydrogens (tertiary/aromatic N) is 2. The van der Waals surface area contributed by atoms with Crippen LogP contribution in [0, 0.1) is 0 Å². The second-order valence-electron chi connectivity index (χ2n) is 6.51. The van der Waals surface area contributed by atoms with E-state index in [9.17, 15) is 0 Å². The molecule has 118 valence electrons. The Bertz CT molecular complexity index is 459. The van der Waals surface area contributed by atoms with Crippen LogP contribution in [-0.4, -0.2) is 44.2 Å². The molecule has 4 heteroatoms. The fourth-order valence-corrected chi connectivity index (χ4v) is 3.06. The molecule has 0 saturated carbocycles. The van der Waals surface area contributed by atoms with Crippen LogP contribution < -0.4 is 10.2 Å². The summed E-state index contributed by atoms with van der Waals surface area (Å²) in [5.74, 6) is 0. The van der Waals surface area contributed by atoms with Crippen molar-refractivity contribution in [2.24, 2.45) is 0 Å². The van der Waals surface area contributed by atoms with Gasteiger partial charge in [-0.3, -0.25) is 0 Å². The number of benzene rings is 1. The van der Waals surface area contributed by atoms with Gasteiger partial charge >= 0.3 is 0 Å². The van der Waals surface area contributed by atoms with E-state index >= 15 is 0 Å². The molecule has 3 nitrogen and oxygen atoms in total. The predicted octanol–water partition coefficient (Wildman–Crippen LogP) is 3.37. The van der Waals surface area contributed by atoms with Crippen LogP contribution in [0.5, 0.6) is 0 Å². The molecule has 1 aliphatic rings. The molecule has 21 heavy (non-hydrogen) atoms. The Labute approximate surface area is 134 Å². The molecule has 0 radical (unpaired) electrons. The molecular formula is C17H28ClN3. The second-order valence-corrected chi connectivity index (χ2v) is 6.95. The van der Waals surface area contributed by atoms with Gasteiger partial charge in [-0.1, -0.05) is 31.5 Å². The van der Waals surface area contributed by atoms with Gasteiger partial charge in [0, 0.05) is 42.4 Å². The van der Waals surface area contributed by atoms with E-state index in [1.165, 1.54) is 24.1 Å². The van der Waals surface area contributed by atoms with Crippen LogP contribution in [0.4, 0.5) is 5.69 Å². The average molecular weight is 310 g/mol. The number of piperidine rings is 1. The van der Waals surface area contributed by atoms with Gasteiger partial charge in [0.25, 0.3) is 0 Å². The highest BCUT2D eigenvalue weighted by molar-refractivity contribution is 6.30. The summed E-state index contributed by atoms with van der Waals surface area (Å²) in [6.45, 7) is 7.46. The quantitative estimate of drug-likeness (QED) is 0.899. The third kappa shape index (κ3) is 4.60. The minimum Gasteiger partial charge on any atom is -0.370 e. The fraction of sp³-hybridized carbons (Fsp3) is 0.647. The smallest absolute Gasteiger partial charge is 0.0427 e. The number of rotatable bonds is 5. The van der Waals surface area contributed by atoms with Gasteiger partial charge in [0.1, 0.15) is 0 Å². The first-order chi connectivity index (χ1) is 9.97. The first kappa shape index (κ1) is 16.6. The molecule has 1 atom stereocenters. The Kier molecular flexibility index (Phi) is 5.91. The highest BCUT2D eigenvalue weighted by Gasteiger charge is 2.23. The molecule has 1 heterocycles. The maximum Gasteiger partial charge on any atom is 0.0427 e. The zero-order valence-corrected chi connectivity index (χ0v) is 14.5. The zero-order chi connectivity index (χ0) is 15.4. The molecule has 0 spiro atoms. The maximum atomic E-state index is 6.24. The molecule has 1 aromatic carbocycles. The van der Waals surface area contributed by atoms with Crippen molar-refractivity contribution < 1.29 is 0 Å². The SMILES string of the molecule is CC(C)NCc1ccc(Cl)cc1N1CCCC(N(C)C)C1. The van der Waals surface area contributed by atoms with E-state index in [0.717, 1.165) is 24.7 Å². The molecule has 0 aromatic heterocycles. The van der Waals surface area contributed by atoms with E-state index < -0.39 is 0 Å². The van der Waals surface area contributed by atoms with Gasteiger partial charge in [-0.25, -0.2) is 0 Å². The van der Waals surface area contributed by atoms with Crippen LogP contribution in [0.15, 0.2) is 18.2 Å². The number of anilines is 1. The minimum atomic E-state index is 0.490. The van der Waals surface area contributed by atoms with Crippen LogP contribution in [0.1, 0.15) is 32.3 Å². The van der Waals surface area contributed by atoms with E-state index in [1.54, 1.807) is 0 Å². The van der Waals surface area contributed by atoms with Crippen molar-refractivity contribution in [2.75, 3.05) is 32.1 Å². The maximum absolute atomic E-state index is 6.24. The van der Waals surface area contributed by atoms with Crippen molar-refractivity contribution in [3.63, 3.8) is 0 Å². The van der Waals surface area contributed by atoms with Crippen molar-refractivity contribution in [3.8, 4) is 0 Å². The van der Waals surface area contributed by atoms with E-state index in [1.807, 2.05) is 6.07 Å². The van der Waals surface area contributed by atoms with Gasteiger partial charge in [0.05, 0.1) is 0 Å². The molecule has 2 rings (SSSR count). The normalized spacial score (nSPS) is 19.6. The molecule has 1 N–H and O–H groups in total. The first-order valence-corrected chi connectivity index (χ1v) is 8.28. The molecule has 1 saturated heterocycles. The standard InChI is InChI=1S/C17H28ClN3/c1-13(2)19-11-14-7-8-15(18)10-17(14)21-9-5-6-16(12-21)20(3)4/h7-8,10,13,16,19H,5-6,9,11-12H2,1-4H3. The zero-order valence-electron chi connectivity index (χ0n) is 13.7. The van der Waals surface area contributed by atoms with Crippen LogP contribution in [0.25, 0.3) is 0 Å². The summed E-state index contributed by atoms with van der Waals surface area (Å²) in [6.07, 6.45) is 2.52. The van der Waals surface area contributed by atoms with Crippen LogP contribution in [0.3, 0.4) is 0 Å². The lowest BCUT2D eigenvalue weighted by atomic mass is 10.0. The second kappa shape index (κ2) is 7.48. The number of halogens is 1. The average Bonchev–Trinajstić information content (AvgIpc) is 2.46. The van der Waals surface area contributed by atoms with Crippen molar-refractivity contribution >= 4 is 17.3 Å². The lowest BCUT2D eigenvalue weighted by Crippen LogP contribution is -2.45. The Morgan fingerprint density at radius 2 is 2.14 bits per heavy atom. The first-order valence-electron chi connectivity index (χ1n) is 7.90. The summed E-state index contributed by atoms with van der Waals surface area (Å²) in [5, 5.41) is 4.34. The van der Waals surface area contributed by atoms with Crippen LogP contribution >= 0.6 is 11.6 Å². The lowest BCUT2D eigenvalue weighted by molar-refractivity contribution is 0.258. The number of likely N-dealkylation sites (N-methyl/N-ethyl adjacent to an activating group) is 1. The molecule has 1 aliphatic heterocycles. The molecular weight excluding hydrogens is 282 g/mol. The van der Waals surface area contributed by atoms with Gasteiger partial charge in [0.15, 0.2) is 0 Å². The third-order valence-electron chi connectivity index (χ3n) is 4.22. The molecule has 1 aromatic rings. The van der Waals surface area contributed by atoms with Gasteiger partial charge in [-0.05, 0) is 44.6 Å². The molecule has 0 amide bonds. The van der Waals surface area contributed by atoms with Crippen LogP contribution in [0.2, 0.25) is 5.02 Å². The van der Waals surface area contributed by atoms with Gasteiger partial charge < -0.3 is 15.1 Å². The Morgan fingerprint density at radius 1 is 1.38 bits per heavy atom. The number of hydrogen-bond donors (Lipinski definition) is 1. The summed E-state index contributed by atoms with van der Waals surface area (Å²) in [7, 11) is 4.35.